The number of carbonyl (C=O) groups excluding carboxylic acids is 1. The second-order valence-corrected chi connectivity index (χ2v) is 8.21. The third-order valence-corrected chi connectivity index (χ3v) is 5.53. The van der Waals surface area contributed by atoms with Gasteiger partial charge in [0.15, 0.2) is 5.13 Å². The molecule has 146 valence electrons. The van der Waals surface area contributed by atoms with Crippen LogP contribution in [0.3, 0.4) is 0 Å². The predicted molar refractivity (Wildman–Crippen MR) is 109 cm³/mol. The smallest absolute Gasteiger partial charge is 0.274 e. The molecular weight excluding hydrogens is 398 g/mol. The van der Waals surface area contributed by atoms with E-state index in [2.05, 4.69) is 25.3 Å². The minimum absolute atomic E-state index is 0.00770. The molecule has 1 N–H and O–H groups in total. The molecule has 3 aromatic heterocycles. The summed E-state index contributed by atoms with van der Waals surface area (Å²) in [4.78, 5) is 25.5. The molecule has 28 heavy (non-hydrogen) atoms. The summed E-state index contributed by atoms with van der Waals surface area (Å²) in [5, 5.41) is 8.10. The highest BCUT2D eigenvalue weighted by Gasteiger charge is 2.23. The number of hydrogen-bond donors (Lipinski definition) is 1. The lowest BCUT2D eigenvalue weighted by Gasteiger charge is -2.34. The maximum Gasteiger partial charge on any atom is 0.274 e. The Kier molecular flexibility index (Phi) is 5.56. The van der Waals surface area contributed by atoms with E-state index in [9.17, 15) is 4.79 Å². The molecule has 4 rings (SSSR count). The van der Waals surface area contributed by atoms with Crippen molar-refractivity contribution in [3.8, 4) is 0 Å². The molecule has 0 aromatic carbocycles. The van der Waals surface area contributed by atoms with Crippen molar-refractivity contribution in [2.75, 3.05) is 31.5 Å². The number of hydrogen-bond acceptors (Lipinski definition) is 7. The zero-order valence-corrected chi connectivity index (χ0v) is 16.9. The van der Waals surface area contributed by atoms with Gasteiger partial charge in [-0.25, -0.2) is 9.97 Å². The number of amides is 1. The summed E-state index contributed by atoms with van der Waals surface area (Å²) in [5.74, 6) is 0.735. The molecule has 0 atom stereocenters. The van der Waals surface area contributed by atoms with E-state index in [0.717, 1.165) is 36.3 Å². The third kappa shape index (κ3) is 4.49. The van der Waals surface area contributed by atoms with E-state index in [4.69, 9.17) is 11.6 Å². The highest BCUT2D eigenvalue weighted by atomic mass is 35.5. The molecule has 0 spiro atoms. The number of anilines is 2. The van der Waals surface area contributed by atoms with Crippen LogP contribution in [0.15, 0.2) is 36.7 Å². The summed E-state index contributed by atoms with van der Waals surface area (Å²) in [6.45, 7) is 3.72. The molecule has 0 unspecified atom stereocenters. The van der Waals surface area contributed by atoms with Gasteiger partial charge in [-0.2, -0.15) is 5.10 Å². The quantitative estimate of drug-likeness (QED) is 0.687. The Labute approximate surface area is 171 Å². The summed E-state index contributed by atoms with van der Waals surface area (Å²) in [7, 11) is 1.81. The molecule has 0 saturated carbocycles. The molecular formula is C18H20ClN7OS. The number of piperazine rings is 1. The zero-order valence-electron chi connectivity index (χ0n) is 15.4. The van der Waals surface area contributed by atoms with Crippen LogP contribution in [0.5, 0.6) is 0 Å². The highest BCUT2D eigenvalue weighted by molar-refractivity contribution is 7.19. The number of pyridine rings is 1. The molecule has 1 aliphatic rings. The van der Waals surface area contributed by atoms with Gasteiger partial charge in [0.05, 0.1) is 11.9 Å². The van der Waals surface area contributed by atoms with E-state index < -0.39 is 0 Å². The van der Waals surface area contributed by atoms with E-state index in [1.165, 1.54) is 11.3 Å². The SMILES string of the molecule is Cn1ccc(C(=O)N2CCN(Cc3cccc(Nc4ncc(Cl)s4)n3)CC2)n1. The van der Waals surface area contributed by atoms with Crippen LogP contribution in [-0.2, 0) is 13.6 Å². The molecule has 3 aromatic rings. The van der Waals surface area contributed by atoms with Gasteiger partial charge in [-0.05, 0) is 18.2 Å². The summed E-state index contributed by atoms with van der Waals surface area (Å²) in [5.41, 5.74) is 1.47. The minimum Gasteiger partial charge on any atom is -0.335 e. The molecule has 1 fully saturated rings. The van der Waals surface area contributed by atoms with E-state index in [1.807, 2.05) is 30.1 Å². The van der Waals surface area contributed by atoms with E-state index in [0.29, 0.717) is 23.1 Å². The zero-order chi connectivity index (χ0) is 19.5. The van der Waals surface area contributed by atoms with Crippen molar-refractivity contribution in [1.82, 2.24) is 29.5 Å². The van der Waals surface area contributed by atoms with Crippen molar-refractivity contribution in [1.29, 1.82) is 0 Å². The van der Waals surface area contributed by atoms with Crippen molar-refractivity contribution in [2.45, 2.75) is 6.54 Å². The van der Waals surface area contributed by atoms with E-state index >= 15 is 0 Å². The minimum atomic E-state index is -0.00770. The van der Waals surface area contributed by atoms with Crippen molar-refractivity contribution in [3.05, 3.63) is 52.4 Å². The standard InChI is InChI=1S/C18H20ClN7OS/c1-24-6-5-14(23-24)17(27)26-9-7-25(8-10-26)12-13-3-2-4-16(21-13)22-18-20-11-15(19)28-18/h2-6,11H,7-10,12H2,1H3,(H,20,21,22). The van der Waals surface area contributed by atoms with Gasteiger partial charge in [0, 0.05) is 46.0 Å². The second kappa shape index (κ2) is 8.26. The lowest BCUT2D eigenvalue weighted by molar-refractivity contribution is 0.0620. The number of nitrogens with zero attached hydrogens (tertiary/aromatic N) is 6. The molecule has 0 bridgehead atoms. The Morgan fingerprint density at radius 2 is 2.07 bits per heavy atom. The van der Waals surface area contributed by atoms with Crippen LogP contribution in [0, 0.1) is 0 Å². The first-order valence-corrected chi connectivity index (χ1v) is 10.1. The van der Waals surface area contributed by atoms with Crippen LogP contribution in [0.1, 0.15) is 16.2 Å². The first kappa shape index (κ1) is 18.9. The van der Waals surface area contributed by atoms with Gasteiger partial charge in [0.25, 0.3) is 5.91 Å². The highest BCUT2D eigenvalue weighted by Crippen LogP contribution is 2.25. The van der Waals surface area contributed by atoms with Crippen LogP contribution in [0.2, 0.25) is 4.34 Å². The molecule has 1 aliphatic heterocycles. The Bertz CT molecular complexity index is 964. The van der Waals surface area contributed by atoms with E-state index in [-0.39, 0.29) is 5.91 Å². The molecule has 1 amide bonds. The van der Waals surface area contributed by atoms with Crippen LogP contribution >= 0.6 is 22.9 Å². The van der Waals surface area contributed by atoms with Crippen LogP contribution in [0.25, 0.3) is 0 Å². The van der Waals surface area contributed by atoms with E-state index in [1.54, 1.807) is 23.1 Å². The fraction of sp³-hybridized carbons (Fsp3) is 0.333. The lowest BCUT2D eigenvalue weighted by atomic mass is 10.2. The molecule has 1 saturated heterocycles. The Morgan fingerprint density at radius 1 is 1.25 bits per heavy atom. The Balaban J connectivity index is 1.32. The van der Waals surface area contributed by atoms with Crippen molar-refractivity contribution < 1.29 is 4.79 Å². The lowest BCUT2D eigenvalue weighted by Crippen LogP contribution is -2.48. The van der Waals surface area contributed by atoms with Crippen molar-refractivity contribution in [3.63, 3.8) is 0 Å². The third-order valence-electron chi connectivity index (χ3n) is 4.50. The Morgan fingerprint density at radius 3 is 2.75 bits per heavy atom. The van der Waals surface area contributed by atoms with Crippen LogP contribution in [0.4, 0.5) is 10.9 Å². The largest absolute Gasteiger partial charge is 0.335 e. The predicted octanol–water partition coefficient (Wildman–Crippen LogP) is 2.63. The average molecular weight is 418 g/mol. The number of aryl methyl sites for hydroxylation is 1. The number of rotatable bonds is 5. The fourth-order valence-electron chi connectivity index (χ4n) is 3.09. The topological polar surface area (TPSA) is 79.2 Å². The number of aromatic nitrogens is 4. The van der Waals surface area contributed by atoms with Gasteiger partial charge in [-0.15, -0.1) is 0 Å². The number of thiazole rings is 1. The average Bonchev–Trinajstić information content (AvgIpc) is 3.30. The molecule has 10 heteroatoms. The number of carbonyl (C=O) groups is 1. The summed E-state index contributed by atoms with van der Waals surface area (Å²) in [6, 6.07) is 7.64. The molecule has 0 radical (unpaired) electrons. The van der Waals surface area contributed by atoms with Crippen molar-refractivity contribution in [2.24, 2.45) is 7.05 Å². The monoisotopic (exact) mass is 417 g/mol. The Hall–Kier alpha value is -2.49. The van der Waals surface area contributed by atoms with Gasteiger partial charge in [0.2, 0.25) is 0 Å². The van der Waals surface area contributed by atoms with Crippen LogP contribution < -0.4 is 5.32 Å². The first-order chi connectivity index (χ1) is 13.6. The maximum atomic E-state index is 12.5. The first-order valence-electron chi connectivity index (χ1n) is 8.92. The number of halogens is 1. The van der Waals surface area contributed by atoms with Crippen LogP contribution in [-0.4, -0.2) is 61.6 Å². The van der Waals surface area contributed by atoms with Gasteiger partial charge < -0.3 is 10.2 Å². The normalized spacial score (nSPS) is 15.0. The second-order valence-electron chi connectivity index (χ2n) is 6.55. The van der Waals surface area contributed by atoms with Crippen molar-refractivity contribution >= 4 is 39.8 Å². The fourth-order valence-corrected chi connectivity index (χ4v) is 3.91. The van der Waals surface area contributed by atoms with Gasteiger partial charge in [-0.1, -0.05) is 29.0 Å². The summed E-state index contributed by atoms with van der Waals surface area (Å²) >= 11 is 7.29. The van der Waals surface area contributed by atoms with Gasteiger partial charge >= 0.3 is 0 Å². The summed E-state index contributed by atoms with van der Waals surface area (Å²) < 4.78 is 2.28. The summed E-state index contributed by atoms with van der Waals surface area (Å²) in [6.07, 6.45) is 3.40. The number of nitrogens with one attached hydrogen (secondary N) is 1. The maximum absolute atomic E-state index is 12.5. The van der Waals surface area contributed by atoms with Gasteiger partial charge in [-0.3, -0.25) is 14.4 Å². The molecule has 0 aliphatic carbocycles. The molecule has 4 heterocycles. The molecule has 8 nitrogen and oxygen atoms in total. The van der Waals surface area contributed by atoms with Gasteiger partial charge in [0.1, 0.15) is 15.8 Å².